The maximum absolute atomic E-state index is 13.1. The molecule has 1 heterocycles. The van der Waals surface area contributed by atoms with Gasteiger partial charge in [-0.25, -0.2) is 12.8 Å². The predicted molar refractivity (Wildman–Crippen MR) is 107 cm³/mol. The van der Waals surface area contributed by atoms with E-state index in [9.17, 15) is 17.6 Å². The summed E-state index contributed by atoms with van der Waals surface area (Å²) in [4.78, 5) is 13.7. The van der Waals surface area contributed by atoms with Crippen molar-refractivity contribution in [2.75, 3.05) is 38.6 Å². The van der Waals surface area contributed by atoms with Crippen LogP contribution >= 0.6 is 0 Å². The molecule has 9 heteroatoms. The van der Waals surface area contributed by atoms with Gasteiger partial charge in [-0.2, -0.15) is 4.31 Å². The minimum atomic E-state index is -3.67. The molecular formula is C20H25FN3O4S+. The second-order valence-corrected chi connectivity index (χ2v) is 8.90. The predicted octanol–water partition coefficient (Wildman–Crippen LogP) is 0.751. The molecule has 0 unspecified atom stereocenters. The van der Waals surface area contributed by atoms with Crippen molar-refractivity contribution in [1.82, 2.24) is 4.31 Å². The van der Waals surface area contributed by atoms with Crippen LogP contribution in [0.5, 0.6) is 5.75 Å². The number of methoxy groups -OCH3 is 1. The second kappa shape index (κ2) is 8.89. The number of halogens is 1. The van der Waals surface area contributed by atoms with Gasteiger partial charge in [-0.15, -0.1) is 0 Å². The van der Waals surface area contributed by atoms with Crippen LogP contribution in [0, 0.1) is 5.82 Å². The summed E-state index contributed by atoms with van der Waals surface area (Å²) < 4.78 is 45.0. The van der Waals surface area contributed by atoms with Gasteiger partial charge in [0.1, 0.15) is 11.6 Å². The average molecular weight is 423 g/mol. The van der Waals surface area contributed by atoms with Crippen molar-refractivity contribution in [1.29, 1.82) is 0 Å². The van der Waals surface area contributed by atoms with Crippen LogP contribution in [-0.2, 0) is 14.8 Å². The number of hydrogen-bond donors (Lipinski definition) is 2. The monoisotopic (exact) mass is 422 g/mol. The van der Waals surface area contributed by atoms with Gasteiger partial charge >= 0.3 is 0 Å². The van der Waals surface area contributed by atoms with E-state index < -0.39 is 15.8 Å². The number of nitrogens with one attached hydrogen (secondary N) is 2. The highest BCUT2D eigenvalue weighted by molar-refractivity contribution is 7.89. The second-order valence-electron chi connectivity index (χ2n) is 6.96. The highest BCUT2D eigenvalue weighted by atomic mass is 32.2. The molecule has 0 aromatic heterocycles. The molecule has 1 aliphatic rings. The molecule has 1 saturated heterocycles. The van der Waals surface area contributed by atoms with E-state index in [1.807, 2.05) is 6.92 Å². The molecule has 1 fully saturated rings. The summed E-state index contributed by atoms with van der Waals surface area (Å²) in [5, 5.41) is 2.88. The van der Waals surface area contributed by atoms with E-state index in [0.717, 1.165) is 17.0 Å². The number of amides is 1. The van der Waals surface area contributed by atoms with Gasteiger partial charge in [0.05, 0.1) is 38.2 Å². The van der Waals surface area contributed by atoms with Crippen LogP contribution in [0.15, 0.2) is 53.4 Å². The van der Waals surface area contributed by atoms with Crippen molar-refractivity contribution < 1.29 is 27.2 Å². The third-order valence-corrected chi connectivity index (χ3v) is 7.07. The minimum absolute atomic E-state index is 0.0752. The van der Waals surface area contributed by atoms with Gasteiger partial charge < -0.3 is 15.0 Å². The van der Waals surface area contributed by atoms with E-state index in [4.69, 9.17) is 4.74 Å². The van der Waals surface area contributed by atoms with Crippen molar-refractivity contribution >= 4 is 21.6 Å². The Balaban J connectivity index is 1.59. The zero-order chi connectivity index (χ0) is 21.0. The quantitative estimate of drug-likeness (QED) is 0.720. The molecule has 0 spiro atoms. The van der Waals surface area contributed by atoms with Gasteiger partial charge in [-0.3, -0.25) is 4.79 Å². The maximum Gasteiger partial charge on any atom is 0.282 e. The van der Waals surface area contributed by atoms with Crippen LogP contribution in [-0.4, -0.2) is 58.0 Å². The van der Waals surface area contributed by atoms with E-state index in [0.29, 0.717) is 37.6 Å². The van der Waals surface area contributed by atoms with Crippen LogP contribution in [0.25, 0.3) is 0 Å². The first-order valence-corrected chi connectivity index (χ1v) is 10.8. The van der Waals surface area contributed by atoms with E-state index in [-0.39, 0.29) is 16.8 Å². The van der Waals surface area contributed by atoms with E-state index >= 15 is 0 Å². The first kappa shape index (κ1) is 21.2. The lowest BCUT2D eigenvalue weighted by Crippen LogP contribution is -3.19. The smallest absolute Gasteiger partial charge is 0.282 e. The van der Waals surface area contributed by atoms with Crippen LogP contribution in [0.3, 0.4) is 0 Å². The number of sulfonamides is 1. The number of anilines is 1. The molecule has 2 aromatic rings. The lowest BCUT2D eigenvalue weighted by Gasteiger charge is -2.34. The molecule has 7 nitrogen and oxygen atoms in total. The standard InChI is InChI=1S/C20H24FN3O4S/c1-15(20(25)22-17-4-3-5-18(14-17)28-2)23-10-12-24(13-11-23)29(26,27)19-8-6-16(21)7-9-19/h3-9,14-15H,10-13H2,1-2H3,(H,22,25)/p+1/t15-/m0/s1. The summed E-state index contributed by atoms with van der Waals surface area (Å²) in [6.07, 6.45) is 0. The lowest BCUT2D eigenvalue weighted by atomic mass is 10.2. The molecule has 1 atom stereocenters. The molecule has 29 heavy (non-hydrogen) atoms. The van der Waals surface area contributed by atoms with Crippen LogP contribution < -0.4 is 15.0 Å². The zero-order valence-electron chi connectivity index (χ0n) is 16.4. The largest absolute Gasteiger partial charge is 0.497 e. The van der Waals surface area contributed by atoms with Gasteiger partial charge in [-0.05, 0) is 43.3 Å². The topological polar surface area (TPSA) is 80.2 Å². The summed E-state index contributed by atoms with van der Waals surface area (Å²) in [5.74, 6) is 0.0413. The van der Waals surface area contributed by atoms with Crippen molar-refractivity contribution in [3.63, 3.8) is 0 Å². The number of quaternary nitrogens is 1. The Morgan fingerprint density at radius 2 is 1.83 bits per heavy atom. The molecular weight excluding hydrogens is 397 g/mol. The number of hydrogen-bond acceptors (Lipinski definition) is 4. The summed E-state index contributed by atoms with van der Waals surface area (Å²) >= 11 is 0. The normalized spacial score (nSPS) is 16.9. The summed E-state index contributed by atoms with van der Waals surface area (Å²) in [6, 6.07) is 11.6. The zero-order valence-corrected chi connectivity index (χ0v) is 17.2. The fraction of sp³-hybridized carbons (Fsp3) is 0.350. The van der Waals surface area contributed by atoms with E-state index in [1.165, 1.54) is 16.4 Å². The number of carbonyl (C=O) groups is 1. The number of piperazine rings is 1. The molecule has 156 valence electrons. The van der Waals surface area contributed by atoms with Gasteiger partial charge in [0.2, 0.25) is 10.0 Å². The third kappa shape index (κ3) is 4.92. The highest BCUT2D eigenvalue weighted by Crippen LogP contribution is 2.17. The first-order chi connectivity index (χ1) is 13.8. The lowest BCUT2D eigenvalue weighted by molar-refractivity contribution is -0.917. The Bertz CT molecular complexity index is 958. The van der Waals surface area contributed by atoms with Crippen LogP contribution in [0.2, 0.25) is 0 Å². The van der Waals surface area contributed by atoms with E-state index in [2.05, 4.69) is 5.32 Å². The van der Waals surface area contributed by atoms with Crippen molar-refractivity contribution in [3.8, 4) is 5.75 Å². The Kier molecular flexibility index (Phi) is 6.51. The Labute approximate surface area is 170 Å². The van der Waals surface area contributed by atoms with Gasteiger partial charge in [-0.1, -0.05) is 6.07 Å². The first-order valence-electron chi connectivity index (χ1n) is 9.36. The van der Waals surface area contributed by atoms with Crippen molar-refractivity contribution in [2.24, 2.45) is 0 Å². The number of benzene rings is 2. The van der Waals surface area contributed by atoms with E-state index in [1.54, 1.807) is 31.4 Å². The molecule has 2 aromatic carbocycles. The van der Waals surface area contributed by atoms with Gasteiger partial charge in [0.15, 0.2) is 6.04 Å². The fourth-order valence-electron chi connectivity index (χ4n) is 3.34. The Morgan fingerprint density at radius 3 is 2.45 bits per heavy atom. The molecule has 1 aliphatic heterocycles. The molecule has 0 radical (unpaired) electrons. The Morgan fingerprint density at radius 1 is 1.17 bits per heavy atom. The molecule has 0 bridgehead atoms. The van der Waals surface area contributed by atoms with Crippen LogP contribution in [0.1, 0.15) is 6.92 Å². The van der Waals surface area contributed by atoms with Crippen molar-refractivity contribution in [3.05, 3.63) is 54.3 Å². The number of nitrogens with zero attached hydrogens (tertiary/aromatic N) is 1. The molecule has 1 amide bonds. The highest BCUT2D eigenvalue weighted by Gasteiger charge is 2.34. The SMILES string of the molecule is COc1cccc(NC(=O)[C@H](C)[NH+]2CCN(S(=O)(=O)c3ccc(F)cc3)CC2)c1. The van der Waals surface area contributed by atoms with Gasteiger partial charge in [0, 0.05) is 11.8 Å². The maximum atomic E-state index is 13.1. The number of carbonyl (C=O) groups excluding carboxylic acids is 1. The minimum Gasteiger partial charge on any atom is -0.497 e. The Hall–Kier alpha value is -2.49. The summed E-state index contributed by atoms with van der Waals surface area (Å²) in [6.45, 7) is 3.44. The number of ether oxygens (including phenoxy) is 1. The number of rotatable bonds is 6. The molecule has 3 rings (SSSR count). The molecule has 0 aliphatic carbocycles. The van der Waals surface area contributed by atoms with Crippen molar-refractivity contribution in [2.45, 2.75) is 17.9 Å². The van der Waals surface area contributed by atoms with Gasteiger partial charge in [0.25, 0.3) is 5.91 Å². The molecule has 0 saturated carbocycles. The fourth-order valence-corrected chi connectivity index (χ4v) is 4.78. The summed E-state index contributed by atoms with van der Waals surface area (Å²) in [5.41, 5.74) is 0.651. The summed E-state index contributed by atoms with van der Waals surface area (Å²) in [7, 11) is -2.10. The average Bonchev–Trinajstić information content (AvgIpc) is 2.73. The van der Waals surface area contributed by atoms with Crippen LogP contribution in [0.4, 0.5) is 10.1 Å². The third-order valence-electron chi connectivity index (χ3n) is 5.16. The molecule has 2 N–H and O–H groups in total.